The Hall–Kier alpha value is -1.23. The van der Waals surface area contributed by atoms with E-state index in [0.29, 0.717) is 0 Å². The number of nitrogens with one attached hydrogen (secondary N) is 1. The van der Waals surface area contributed by atoms with E-state index in [1.165, 1.54) is 5.56 Å². The Morgan fingerprint density at radius 3 is 2.16 bits per heavy atom. The Morgan fingerprint density at radius 1 is 1.00 bits per heavy atom. The van der Waals surface area contributed by atoms with Gasteiger partial charge >= 0.3 is 0 Å². The molecule has 0 radical (unpaired) electrons. The Labute approximate surface area is 128 Å². The lowest BCUT2D eigenvalue weighted by Gasteiger charge is -2.19. The van der Waals surface area contributed by atoms with Gasteiger partial charge in [0.25, 0.3) is 0 Å². The highest BCUT2D eigenvalue weighted by molar-refractivity contribution is 14.1. The topological polar surface area (TPSA) is 38.0 Å². The number of rotatable bonds is 2. The van der Waals surface area contributed by atoms with Crippen molar-refractivity contribution >= 4 is 39.7 Å². The van der Waals surface area contributed by atoms with Crippen molar-refractivity contribution in [1.82, 2.24) is 0 Å². The van der Waals surface area contributed by atoms with Gasteiger partial charge in [0.15, 0.2) is 0 Å². The standard InChI is InChI=1S/C16H19IN2/c1-16(2,3)11-4-7-13(8-5-11)19-15-9-6-12(18)10-14(15)17/h4-10,19H,18H2,1-3H3. The van der Waals surface area contributed by atoms with Crippen molar-refractivity contribution in [2.45, 2.75) is 26.2 Å². The highest BCUT2D eigenvalue weighted by Crippen LogP contribution is 2.27. The summed E-state index contributed by atoms with van der Waals surface area (Å²) >= 11 is 2.29. The minimum atomic E-state index is 0.189. The van der Waals surface area contributed by atoms with Crippen molar-refractivity contribution < 1.29 is 0 Å². The molecule has 3 heteroatoms. The molecule has 0 aliphatic carbocycles. The summed E-state index contributed by atoms with van der Waals surface area (Å²) in [6, 6.07) is 14.5. The van der Waals surface area contributed by atoms with Gasteiger partial charge in [-0.15, -0.1) is 0 Å². The van der Waals surface area contributed by atoms with Gasteiger partial charge in [0.1, 0.15) is 0 Å². The fourth-order valence-corrected chi connectivity index (χ4v) is 2.52. The van der Waals surface area contributed by atoms with Crippen LogP contribution in [0, 0.1) is 3.57 Å². The summed E-state index contributed by atoms with van der Waals surface area (Å²) in [7, 11) is 0. The van der Waals surface area contributed by atoms with E-state index < -0.39 is 0 Å². The van der Waals surface area contributed by atoms with Crippen molar-refractivity contribution in [2.24, 2.45) is 0 Å². The largest absolute Gasteiger partial charge is 0.399 e. The van der Waals surface area contributed by atoms with Crippen molar-refractivity contribution in [3.8, 4) is 0 Å². The molecule has 19 heavy (non-hydrogen) atoms. The Morgan fingerprint density at radius 2 is 1.63 bits per heavy atom. The molecule has 2 aromatic carbocycles. The molecule has 2 aromatic rings. The number of anilines is 3. The lowest BCUT2D eigenvalue weighted by atomic mass is 9.87. The smallest absolute Gasteiger partial charge is 0.0521 e. The molecule has 0 aliphatic heterocycles. The first-order valence-corrected chi connectivity index (χ1v) is 7.37. The number of halogens is 1. The summed E-state index contributed by atoms with van der Waals surface area (Å²) in [5, 5.41) is 3.42. The van der Waals surface area contributed by atoms with Gasteiger partial charge in [-0.1, -0.05) is 32.9 Å². The average Bonchev–Trinajstić information content (AvgIpc) is 2.32. The number of hydrogen-bond acceptors (Lipinski definition) is 2. The quantitative estimate of drug-likeness (QED) is 0.585. The maximum absolute atomic E-state index is 5.76. The minimum absolute atomic E-state index is 0.189. The summed E-state index contributed by atoms with van der Waals surface area (Å²) in [4.78, 5) is 0. The van der Waals surface area contributed by atoms with E-state index in [2.05, 4.69) is 72.9 Å². The van der Waals surface area contributed by atoms with Crippen molar-refractivity contribution in [3.05, 3.63) is 51.6 Å². The molecule has 0 saturated heterocycles. The minimum Gasteiger partial charge on any atom is -0.399 e. The third-order valence-electron chi connectivity index (χ3n) is 3.02. The SMILES string of the molecule is CC(C)(C)c1ccc(Nc2ccc(N)cc2I)cc1. The van der Waals surface area contributed by atoms with E-state index in [4.69, 9.17) is 5.73 Å². The molecule has 0 bridgehead atoms. The lowest BCUT2D eigenvalue weighted by Crippen LogP contribution is -2.10. The van der Waals surface area contributed by atoms with Crippen LogP contribution in [0.2, 0.25) is 0 Å². The van der Waals surface area contributed by atoms with Gasteiger partial charge in [0.05, 0.1) is 5.69 Å². The number of nitrogen functional groups attached to an aromatic ring is 1. The third kappa shape index (κ3) is 3.62. The second-order valence-electron chi connectivity index (χ2n) is 5.69. The zero-order chi connectivity index (χ0) is 14.0. The van der Waals surface area contributed by atoms with Crippen LogP contribution in [0.1, 0.15) is 26.3 Å². The highest BCUT2D eigenvalue weighted by atomic mass is 127. The lowest BCUT2D eigenvalue weighted by molar-refractivity contribution is 0.590. The zero-order valence-corrected chi connectivity index (χ0v) is 13.7. The molecule has 0 aliphatic rings. The molecule has 0 aromatic heterocycles. The first-order chi connectivity index (χ1) is 8.86. The van der Waals surface area contributed by atoms with Crippen LogP contribution in [0.15, 0.2) is 42.5 Å². The summed E-state index contributed by atoms with van der Waals surface area (Å²) in [5.41, 5.74) is 10.2. The first kappa shape index (κ1) is 14.2. The molecule has 0 atom stereocenters. The Bertz CT molecular complexity index is 568. The molecule has 3 N–H and O–H groups in total. The predicted molar refractivity (Wildman–Crippen MR) is 92.0 cm³/mol. The van der Waals surface area contributed by atoms with Crippen LogP contribution in [0.5, 0.6) is 0 Å². The maximum atomic E-state index is 5.76. The van der Waals surface area contributed by atoms with Gasteiger partial charge in [-0.25, -0.2) is 0 Å². The maximum Gasteiger partial charge on any atom is 0.0521 e. The van der Waals surface area contributed by atoms with E-state index in [9.17, 15) is 0 Å². The van der Waals surface area contributed by atoms with Crippen LogP contribution in [0.3, 0.4) is 0 Å². The summed E-state index contributed by atoms with van der Waals surface area (Å²) in [6.45, 7) is 6.66. The van der Waals surface area contributed by atoms with Crippen molar-refractivity contribution in [1.29, 1.82) is 0 Å². The molecule has 0 saturated carbocycles. The van der Waals surface area contributed by atoms with E-state index in [-0.39, 0.29) is 5.41 Å². The number of hydrogen-bond donors (Lipinski definition) is 2. The second-order valence-corrected chi connectivity index (χ2v) is 6.85. The molecule has 0 amide bonds. The van der Waals surface area contributed by atoms with E-state index in [1.807, 2.05) is 18.2 Å². The highest BCUT2D eigenvalue weighted by Gasteiger charge is 2.12. The predicted octanol–water partition coefficient (Wildman–Crippen LogP) is 4.91. The van der Waals surface area contributed by atoms with Gasteiger partial charge < -0.3 is 11.1 Å². The van der Waals surface area contributed by atoms with Crippen LogP contribution < -0.4 is 11.1 Å². The number of nitrogens with two attached hydrogens (primary N) is 1. The third-order valence-corrected chi connectivity index (χ3v) is 3.92. The molecular weight excluding hydrogens is 347 g/mol. The van der Waals surface area contributed by atoms with Gasteiger partial charge in [-0.3, -0.25) is 0 Å². The molecule has 0 fully saturated rings. The molecule has 2 nitrogen and oxygen atoms in total. The summed E-state index contributed by atoms with van der Waals surface area (Å²) < 4.78 is 1.12. The molecule has 2 rings (SSSR count). The van der Waals surface area contributed by atoms with Crippen LogP contribution >= 0.6 is 22.6 Å². The molecule has 0 heterocycles. The molecule has 0 unspecified atom stereocenters. The van der Waals surface area contributed by atoms with E-state index in [0.717, 1.165) is 20.6 Å². The summed E-state index contributed by atoms with van der Waals surface area (Å²) in [5.74, 6) is 0. The molecule has 100 valence electrons. The Balaban J connectivity index is 2.20. The van der Waals surface area contributed by atoms with Gasteiger partial charge in [-0.2, -0.15) is 0 Å². The average molecular weight is 366 g/mol. The fourth-order valence-electron chi connectivity index (χ4n) is 1.84. The number of benzene rings is 2. The zero-order valence-electron chi connectivity index (χ0n) is 11.5. The van der Waals surface area contributed by atoms with E-state index in [1.54, 1.807) is 0 Å². The summed E-state index contributed by atoms with van der Waals surface area (Å²) in [6.07, 6.45) is 0. The first-order valence-electron chi connectivity index (χ1n) is 6.29. The van der Waals surface area contributed by atoms with Crippen LogP contribution in [-0.4, -0.2) is 0 Å². The van der Waals surface area contributed by atoms with Crippen LogP contribution in [0.4, 0.5) is 17.1 Å². The van der Waals surface area contributed by atoms with Crippen LogP contribution in [0.25, 0.3) is 0 Å². The second kappa shape index (κ2) is 5.41. The normalized spacial score (nSPS) is 11.4. The Kier molecular flexibility index (Phi) is 4.04. The van der Waals surface area contributed by atoms with Gasteiger partial charge in [0.2, 0.25) is 0 Å². The van der Waals surface area contributed by atoms with Crippen molar-refractivity contribution in [2.75, 3.05) is 11.1 Å². The monoisotopic (exact) mass is 366 g/mol. The van der Waals surface area contributed by atoms with E-state index >= 15 is 0 Å². The molecular formula is C16H19IN2. The molecule has 0 spiro atoms. The fraction of sp³-hybridized carbons (Fsp3) is 0.250. The van der Waals surface area contributed by atoms with Crippen molar-refractivity contribution in [3.63, 3.8) is 0 Å². The van der Waals surface area contributed by atoms with Gasteiger partial charge in [0, 0.05) is 14.9 Å². The van der Waals surface area contributed by atoms with Gasteiger partial charge in [-0.05, 0) is 63.9 Å². The van der Waals surface area contributed by atoms with Crippen LogP contribution in [-0.2, 0) is 5.41 Å².